The molecule has 0 saturated heterocycles. The average molecular weight is 520 g/mol. The summed E-state index contributed by atoms with van der Waals surface area (Å²) in [5, 5.41) is 15.2. The van der Waals surface area contributed by atoms with Crippen molar-refractivity contribution in [1.29, 1.82) is 5.26 Å². The Morgan fingerprint density at radius 1 is 0.973 bits per heavy atom. The molecule has 0 aromatic heterocycles. The number of anilines is 2. The first kappa shape index (κ1) is 26.8. The topological polar surface area (TPSA) is 127 Å². The van der Waals surface area contributed by atoms with E-state index in [0.29, 0.717) is 39.0 Å². The van der Waals surface area contributed by atoms with Crippen molar-refractivity contribution in [2.45, 2.75) is 0 Å². The van der Waals surface area contributed by atoms with Gasteiger partial charge in [-0.3, -0.25) is 9.59 Å². The fourth-order valence-electron chi connectivity index (χ4n) is 3.11. The fraction of sp³-hybridized carbons (Fsp3) is 0.111. The molecule has 0 aliphatic heterocycles. The van der Waals surface area contributed by atoms with Gasteiger partial charge in [0.1, 0.15) is 11.6 Å². The molecule has 3 aromatic carbocycles. The molecule has 0 saturated carbocycles. The standard InChI is InChI=1S/C27H22ClN3O6/c1-35-24-14-17(7-12-23(24)37-16-25(32)31-22-6-4-3-5-21(22)28)13-19(15-29)26(33)30-20-10-8-18(9-11-20)27(34)36-2/h3-14H,16H2,1-2H3,(H,30,33)(H,31,32)/b19-13-. The summed E-state index contributed by atoms with van der Waals surface area (Å²) in [4.78, 5) is 36.4. The number of nitrogens with one attached hydrogen (secondary N) is 2. The van der Waals surface area contributed by atoms with Gasteiger partial charge in [0.15, 0.2) is 18.1 Å². The summed E-state index contributed by atoms with van der Waals surface area (Å²) in [5.41, 5.74) is 1.53. The number of nitriles is 1. The third-order valence-corrected chi connectivity index (χ3v) is 5.26. The zero-order valence-corrected chi connectivity index (χ0v) is 20.7. The Kier molecular flexibility index (Phi) is 9.24. The van der Waals surface area contributed by atoms with E-state index in [9.17, 15) is 19.6 Å². The molecule has 0 heterocycles. The predicted molar refractivity (Wildman–Crippen MR) is 139 cm³/mol. The van der Waals surface area contributed by atoms with Crippen LogP contribution >= 0.6 is 11.6 Å². The Balaban J connectivity index is 1.67. The lowest BCUT2D eigenvalue weighted by Crippen LogP contribution is -2.20. The maximum Gasteiger partial charge on any atom is 0.337 e. The van der Waals surface area contributed by atoms with Crippen molar-refractivity contribution in [3.63, 3.8) is 0 Å². The third kappa shape index (κ3) is 7.34. The van der Waals surface area contributed by atoms with E-state index in [1.54, 1.807) is 42.5 Å². The largest absolute Gasteiger partial charge is 0.493 e. The van der Waals surface area contributed by atoms with Crippen LogP contribution in [0, 0.1) is 11.3 Å². The summed E-state index contributed by atoms with van der Waals surface area (Å²) in [6.45, 7) is -0.294. The number of benzene rings is 3. The van der Waals surface area contributed by atoms with Crippen molar-refractivity contribution in [3.05, 3.63) is 88.5 Å². The summed E-state index contributed by atoms with van der Waals surface area (Å²) in [6.07, 6.45) is 1.38. The van der Waals surface area contributed by atoms with E-state index in [1.165, 1.54) is 44.6 Å². The summed E-state index contributed by atoms with van der Waals surface area (Å²) >= 11 is 6.05. The molecule has 0 spiro atoms. The van der Waals surface area contributed by atoms with Gasteiger partial charge in [-0.05, 0) is 60.2 Å². The van der Waals surface area contributed by atoms with E-state index in [-0.39, 0.29) is 12.2 Å². The van der Waals surface area contributed by atoms with Crippen LogP contribution in [0.5, 0.6) is 11.5 Å². The molecule has 0 unspecified atom stereocenters. The molecule has 9 nitrogen and oxygen atoms in total. The first-order valence-corrected chi connectivity index (χ1v) is 11.2. The Hall–Kier alpha value is -4.81. The molecule has 10 heteroatoms. The van der Waals surface area contributed by atoms with Crippen molar-refractivity contribution in [1.82, 2.24) is 0 Å². The molecule has 0 bridgehead atoms. The number of halogens is 1. The number of rotatable bonds is 9. The van der Waals surface area contributed by atoms with Gasteiger partial charge in [0, 0.05) is 5.69 Å². The Morgan fingerprint density at radius 2 is 1.70 bits per heavy atom. The van der Waals surface area contributed by atoms with E-state index >= 15 is 0 Å². The minimum atomic E-state index is -0.635. The van der Waals surface area contributed by atoms with Gasteiger partial charge < -0.3 is 24.8 Å². The highest BCUT2D eigenvalue weighted by atomic mass is 35.5. The van der Waals surface area contributed by atoms with Gasteiger partial charge >= 0.3 is 5.97 Å². The summed E-state index contributed by atoms with van der Waals surface area (Å²) in [7, 11) is 2.70. The molecule has 37 heavy (non-hydrogen) atoms. The fourth-order valence-corrected chi connectivity index (χ4v) is 3.29. The monoisotopic (exact) mass is 519 g/mol. The van der Waals surface area contributed by atoms with Crippen molar-refractivity contribution in [2.75, 3.05) is 31.5 Å². The summed E-state index contributed by atoms with van der Waals surface area (Å²) < 4.78 is 15.5. The lowest BCUT2D eigenvalue weighted by atomic mass is 10.1. The quantitative estimate of drug-likeness (QED) is 0.238. The number of carbonyl (C=O) groups is 3. The Labute approximate surface area is 218 Å². The highest BCUT2D eigenvalue weighted by Crippen LogP contribution is 2.29. The highest BCUT2D eigenvalue weighted by molar-refractivity contribution is 6.33. The van der Waals surface area contributed by atoms with Gasteiger partial charge in [-0.2, -0.15) is 5.26 Å². The van der Waals surface area contributed by atoms with Gasteiger partial charge in [-0.25, -0.2) is 4.79 Å². The number of hydrogen-bond acceptors (Lipinski definition) is 7. The van der Waals surface area contributed by atoms with E-state index in [2.05, 4.69) is 15.4 Å². The van der Waals surface area contributed by atoms with E-state index in [1.807, 2.05) is 6.07 Å². The molecule has 0 aliphatic rings. The molecule has 3 rings (SSSR count). The second-order valence-corrected chi connectivity index (χ2v) is 7.83. The molecule has 3 aromatic rings. The maximum absolute atomic E-state index is 12.6. The summed E-state index contributed by atoms with van der Waals surface area (Å²) in [5.74, 6) is -0.956. The van der Waals surface area contributed by atoms with Crippen LogP contribution in [0.25, 0.3) is 6.08 Å². The number of carbonyl (C=O) groups excluding carboxylic acids is 3. The van der Waals surface area contributed by atoms with Crippen molar-refractivity contribution < 1.29 is 28.6 Å². The Bertz CT molecular complexity index is 1380. The van der Waals surface area contributed by atoms with Crippen LogP contribution in [0.15, 0.2) is 72.3 Å². The second-order valence-electron chi connectivity index (χ2n) is 7.42. The van der Waals surface area contributed by atoms with Crippen LogP contribution < -0.4 is 20.1 Å². The number of amides is 2. The second kappa shape index (κ2) is 12.8. The van der Waals surface area contributed by atoms with Gasteiger partial charge in [-0.15, -0.1) is 0 Å². The number of hydrogen-bond donors (Lipinski definition) is 2. The number of ether oxygens (including phenoxy) is 3. The maximum atomic E-state index is 12.6. The van der Waals surface area contributed by atoms with Crippen molar-refractivity contribution in [2.24, 2.45) is 0 Å². The molecular formula is C27H22ClN3O6. The molecule has 2 amide bonds. The molecule has 188 valence electrons. The van der Waals surface area contributed by atoms with Gasteiger partial charge in [0.05, 0.1) is 30.5 Å². The minimum Gasteiger partial charge on any atom is -0.493 e. The lowest BCUT2D eigenvalue weighted by Gasteiger charge is -2.12. The zero-order chi connectivity index (χ0) is 26.8. The molecule has 0 fully saturated rings. The number of para-hydroxylation sites is 1. The van der Waals surface area contributed by atoms with Gasteiger partial charge in [0.2, 0.25) is 0 Å². The molecule has 0 aliphatic carbocycles. The van der Waals surface area contributed by atoms with Crippen molar-refractivity contribution in [3.8, 4) is 17.6 Å². The SMILES string of the molecule is COC(=O)c1ccc(NC(=O)/C(C#N)=C\c2ccc(OCC(=O)Nc3ccccc3Cl)c(OC)c2)cc1. The molecular weight excluding hydrogens is 498 g/mol. The summed E-state index contributed by atoms with van der Waals surface area (Å²) in [6, 6.07) is 19.5. The third-order valence-electron chi connectivity index (χ3n) is 4.93. The first-order valence-electron chi connectivity index (χ1n) is 10.8. The number of methoxy groups -OCH3 is 2. The smallest absolute Gasteiger partial charge is 0.337 e. The molecule has 0 atom stereocenters. The van der Waals surface area contributed by atoms with Gasteiger partial charge in [-0.1, -0.05) is 29.8 Å². The Morgan fingerprint density at radius 3 is 2.35 bits per heavy atom. The van der Waals surface area contributed by atoms with Crippen LogP contribution in [-0.4, -0.2) is 38.6 Å². The van der Waals surface area contributed by atoms with E-state index < -0.39 is 17.8 Å². The minimum absolute atomic E-state index is 0.160. The predicted octanol–water partition coefficient (Wildman–Crippen LogP) is 4.70. The molecule has 2 N–H and O–H groups in total. The van der Waals surface area contributed by atoms with Crippen LogP contribution in [0.3, 0.4) is 0 Å². The first-order chi connectivity index (χ1) is 17.8. The van der Waals surface area contributed by atoms with E-state index in [4.69, 9.17) is 21.1 Å². The molecule has 0 radical (unpaired) electrons. The van der Waals surface area contributed by atoms with Crippen LogP contribution in [-0.2, 0) is 14.3 Å². The lowest BCUT2D eigenvalue weighted by molar-refractivity contribution is -0.118. The van der Waals surface area contributed by atoms with Crippen LogP contribution in [0.1, 0.15) is 15.9 Å². The number of esters is 1. The van der Waals surface area contributed by atoms with Gasteiger partial charge in [0.25, 0.3) is 11.8 Å². The number of nitrogens with zero attached hydrogens (tertiary/aromatic N) is 1. The normalized spacial score (nSPS) is 10.6. The van der Waals surface area contributed by atoms with Crippen molar-refractivity contribution >= 4 is 46.8 Å². The zero-order valence-electron chi connectivity index (χ0n) is 19.9. The van der Waals surface area contributed by atoms with E-state index in [0.717, 1.165) is 0 Å². The van der Waals surface area contributed by atoms with Crippen LogP contribution in [0.2, 0.25) is 5.02 Å². The average Bonchev–Trinajstić information content (AvgIpc) is 2.91. The highest BCUT2D eigenvalue weighted by Gasteiger charge is 2.13. The van der Waals surface area contributed by atoms with Crippen LogP contribution in [0.4, 0.5) is 11.4 Å².